The minimum Gasteiger partial charge on any atom is -0.325 e. The highest BCUT2D eigenvalue weighted by atomic mass is 14.9. The average molecular weight is 153 g/mol. The summed E-state index contributed by atoms with van der Waals surface area (Å²) in [4.78, 5) is 0. The summed E-state index contributed by atoms with van der Waals surface area (Å²) in [5, 5.41) is 0. The summed E-state index contributed by atoms with van der Waals surface area (Å²) in [5.74, 6) is 3.39. The van der Waals surface area contributed by atoms with Gasteiger partial charge in [0, 0.05) is 5.54 Å². The minimum absolute atomic E-state index is 0.219. The average Bonchev–Trinajstić information content (AvgIpc) is 1.95. The zero-order valence-electron chi connectivity index (χ0n) is 7.80. The minimum atomic E-state index is 0.219. The van der Waals surface area contributed by atoms with Crippen LogP contribution >= 0.6 is 0 Å². The molecule has 0 spiro atoms. The van der Waals surface area contributed by atoms with Crippen molar-refractivity contribution < 1.29 is 0 Å². The van der Waals surface area contributed by atoms with Crippen molar-refractivity contribution in [1.82, 2.24) is 0 Å². The molecule has 3 saturated carbocycles. The fourth-order valence-electron chi connectivity index (χ4n) is 3.30. The fourth-order valence-corrected chi connectivity index (χ4v) is 3.30. The summed E-state index contributed by atoms with van der Waals surface area (Å²) < 4.78 is 0. The first-order valence-electron chi connectivity index (χ1n) is 4.84. The lowest BCUT2D eigenvalue weighted by Crippen LogP contribution is -2.68. The van der Waals surface area contributed by atoms with E-state index in [2.05, 4.69) is 20.8 Å². The molecule has 0 aliphatic heterocycles. The quantitative estimate of drug-likeness (QED) is 0.566. The van der Waals surface area contributed by atoms with Crippen molar-refractivity contribution in [3.05, 3.63) is 0 Å². The SMILES string of the molecule is CC1CC(C)C2(N)CC1C2C. The molecule has 0 aromatic rings. The second-order valence-corrected chi connectivity index (χ2v) is 4.88. The van der Waals surface area contributed by atoms with Gasteiger partial charge < -0.3 is 5.73 Å². The van der Waals surface area contributed by atoms with Crippen LogP contribution in [0.5, 0.6) is 0 Å². The Balaban J connectivity index is 2.20. The van der Waals surface area contributed by atoms with Gasteiger partial charge in [0.25, 0.3) is 0 Å². The smallest absolute Gasteiger partial charge is 0.0211 e. The van der Waals surface area contributed by atoms with E-state index >= 15 is 0 Å². The molecule has 2 bridgehead atoms. The van der Waals surface area contributed by atoms with Crippen molar-refractivity contribution in [2.75, 3.05) is 0 Å². The highest BCUT2D eigenvalue weighted by Gasteiger charge is 2.57. The topological polar surface area (TPSA) is 26.0 Å². The van der Waals surface area contributed by atoms with Gasteiger partial charge >= 0.3 is 0 Å². The van der Waals surface area contributed by atoms with Crippen molar-refractivity contribution in [2.45, 2.75) is 39.2 Å². The lowest BCUT2D eigenvalue weighted by molar-refractivity contribution is -0.0816. The second-order valence-electron chi connectivity index (χ2n) is 4.88. The maximum Gasteiger partial charge on any atom is 0.0211 e. The number of nitrogens with two attached hydrogens (primary N) is 1. The van der Waals surface area contributed by atoms with Crippen LogP contribution in [0.3, 0.4) is 0 Å². The molecule has 5 atom stereocenters. The Morgan fingerprint density at radius 3 is 2.36 bits per heavy atom. The molecule has 0 radical (unpaired) electrons. The normalized spacial score (nSPS) is 62.2. The molecule has 3 aliphatic rings. The van der Waals surface area contributed by atoms with Crippen molar-refractivity contribution >= 4 is 0 Å². The van der Waals surface area contributed by atoms with E-state index < -0.39 is 0 Å². The van der Waals surface area contributed by atoms with Crippen LogP contribution in [-0.4, -0.2) is 5.54 Å². The third-order valence-electron chi connectivity index (χ3n) is 4.45. The lowest BCUT2D eigenvalue weighted by atomic mass is 9.46. The summed E-state index contributed by atoms with van der Waals surface area (Å²) in [6.45, 7) is 7.04. The van der Waals surface area contributed by atoms with Gasteiger partial charge in [0.05, 0.1) is 0 Å². The van der Waals surface area contributed by atoms with E-state index in [0.29, 0.717) is 0 Å². The van der Waals surface area contributed by atoms with Crippen molar-refractivity contribution in [3.8, 4) is 0 Å². The molecule has 0 saturated heterocycles. The number of hydrogen-bond donors (Lipinski definition) is 1. The van der Waals surface area contributed by atoms with Crippen LogP contribution in [0.15, 0.2) is 0 Å². The molecule has 3 rings (SSSR count). The van der Waals surface area contributed by atoms with Gasteiger partial charge in [-0.2, -0.15) is 0 Å². The number of rotatable bonds is 0. The Morgan fingerprint density at radius 2 is 1.91 bits per heavy atom. The Morgan fingerprint density at radius 1 is 1.27 bits per heavy atom. The standard InChI is InChI=1S/C10H19N/c1-6-4-7(2)10(11)5-9(6)8(10)3/h6-9H,4-5,11H2,1-3H3. The van der Waals surface area contributed by atoms with E-state index in [1.807, 2.05) is 0 Å². The van der Waals surface area contributed by atoms with Crippen molar-refractivity contribution in [2.24, 2.45) is 29.4 Å². The Kier molecular flexibility index (Phi) is 1.39. The van der Waals surface area contributed by atoms with Gasteiger partial charge in [-0.15, -0.1) is 0 Å². The zero-order valence-corrected chi connectivity index (χ0v) is 7.80. The van der Waals surface area contributed by atoms with Gasteiger partial charge in [0.1, 0.15) is 0 Å². The van der Waals surface area contributed by atoms with E-state index in [9.17, 15) is 0 Å². The van der Waals surface area contributed by atoms with E-state index in [1.165, 1.54) is 12.8 Å². The molecule has 0 aromatic carbocycles. The Bertz CT molecular complexity index is 172. The van der Waals surface area contributed by atoms with Gasteiger partial charge in [0.15, 0.2) is 0 Å². The molecule has 64 valence electrons. The fraction of sp³-hybridized carbons (Fsp3) is 1.00. The van der Waals surface area contributed by atoms with E-state index in [-0.39, 0.29) is 5.54 Å². The second kappa shape index (κ2) is 2.01. The Hall–Kier alpha value is -0.0400. The lowest BCUT2D eigenvalue weighted by Gasteiger charge is -2.62. The maximum atomic E-state index is 6.29. The highest BCUT2D eigenvalue weighted by Crippen LogP contribution is 2.56. The van der Waals surface area contributed by atoms with Crippen LogP contribution in [0, 0.1) is 23.7 Å². The van der Waals surface area contributed by atoms with Gasteiger partial charge in [0.2, 0.25) is 0 Å². The van der Waals surface area contributed by atoms with Gasteiger partial charge in [-0.3, -0.25) is 0 Å². The van der Waals surface area contributed by atoms with Crippen LogP contribution in [-0.2, 0) is 0 Å². The summed E-state index contributed by atoms with van der Waals surface area (Å²) in [5.41, 5.74) is 6.51. The molecule has 3 fully saturated rings. The van der Waals surface area contributed by atoms with Crippen molar-refractivity contribution in [1.29, 1.82) is 0 Å². The molecule has 5 unspecified atom stereocenters. The largest absolute Gasteiger partial charge is 0.325 e. The first-order chi connectivity index (χ1) is 5.05. The van der Waals surface area contributed by atoms with Crippen molar-refractivity contribution in [3.63, 3.8) is 0 Å². The van der Waals surface area contributed by atoms with Gasteiger partial charge in [-0.05, 0) is 36.5 Å². The molecule has 11 heavy (non-hydrogen) atoms. The third kappa shape index (κ3) is 0.752. The highest BCUT2D eigenvalue weighted by molar-refractivity contribution is 5.11. The van der Waals surface area contributed by atoms with Gasteiger partial charge in [-0.25, -0.2) is 0 Å². The van der Waals surface area contributed by atoms with E-state index in [0.717, 1.165) is 23.7 Å². The number of fused-ring (bicyclic) bond motifs is 2. The first-order valence-corrected chi connectivity index (χ1v) is 4.84. The molecule has 1 nitrogen and oxygen atoms in total. The monoisotopic (exact) mass is 153 g/mol. The molecule has 0 amide bonds. The predicted octanol–water partition coefficient (Wildman–Crippen LogP) is 2.02. The van der Waals surface area contributed by atoms with Crippen LogP contribution in [0.4, 0.5) is 0 Å². The molecular formula is C10H19N. The molecular weight excluding hydrogens is 134 g/mol. The summed E-state index contributed by atoms with van der Waals surface area (Å²) in [6.07, 6.45) is 2.64. The molecule has 2 N–H and O–H groups in total. The number of hydrogen-bond acceptors (Lipinski definition) is 1. The van der Waals surface area contributed by atoms with Crippen LogP contribution < -0.4 is 5.73 Å². The van der Waals surface area contributed by atoms with Crippen LogP contribution in [0.2, 0.25) is 0 Å². The summed E-state index contributed by atoms with van der Waals surface area (Å²) >= 11 is 0. The van der Waals surface area contributed by atoms with E-state index in [4.69, 9.17) is 5.73 Å². The molecule has 0 aromatic heterocycles. The molecule has 3 aliphatic carbocycles. The third-order valence-corrected chi connectivity index (χ3v) is 4.45. The van der Waals surface area contributed by atoms with Crippen LogP contribution in [0.1, 0.15) is 33.6 Å². The molecule has 1 heteroatoms. The summed E-state index contributed by atoms with van der Waals surface area (Å²) in [6, 6.07) is 0. The zero-order chi connectivity index (χ0) is 8.22. The molecule has 0 heterocycles. The Labute approximate surface area is 69.4 Å². The first kappa shape index (κ1) is 7.60. The summed E-state index contributed by atoms with van der Waals surface area (Å²) in [7, 11) is 0. The maximum absolute atomic E-state index is 6.29. The van der Waals surface area contributed by atoms with Gasteiger partial charge in [-0.1, -0.05) is 20.8 Å². The predicted molar refractivity (Wildman–Crippen MR) is 47.1 cm³/mol. The van der Waals surface area contributed by atoms with Crippen LogP contribution in [0.25, 0.3) is 0 Å². The van der Waals surface area contributed by atoms with E-state index in [1.54, 1.807) is 0 Å².